The quantitative estimate of drug-likeness (QED) is 0.616. The largest absolute Gasteiger partial charge is 0.388 e. The van der Waals surface area contributed by atoms with Gasteiger partial charge in [-0.05, 0) is 19.3 Å². The van der Waals surface area contributed by atoms with E-state index in [1.54, 1.807) is 0 Å². The molecule has 0 radical (unpaired) electrons. The number of hydrogen-bond acceptors (Lipinski definition) is 2. The SMILES string of the molecule is O=C(NCC1(O)CCCCCC1)C1CC1(Cl)Cl. The third-order valence-electron chi connectivity index (χ3n) is 3.77. The Morgan fingerprint density at radius 2 is 1.76 bits per heavy atom. The highest BCUT2D eigenvalue weighted by molar-refractivity contribution is 6.52. The van der Waals surface area contributed by atoms with Crippen molar-refractivity contribution in [2.75, 3.05) is 6.54 Å². The number of nitrogens with one attached hydrogen (secondary N) is 1. The molecule has 2 aliphatic rings. The first-order valence-electron chi connectivity index (χ1n) is 6.31. The van der Waals surface area contributed by atoms with E-state index in [0.29, 0.717) is 13.0 Å². The molecule has 3 nitrogen and oxygen atoms in total. The maximum Gasteiger partial charge on any atom is 0.226 e. The second-order valence-corrected chi connectivity index (χ2v) is 6.92. The summed E-state index contributed by atoms with van der Waals surface area (Å²) in [6.45, 7) is 0.326. The summed E-state index contributed by atoms with van der Waals surface area (Å²) in [5.74, 6) is -0.437. The number of carbonyl (C=O) groups is 1. The molecule has 0 heterocycles. The standard InChI is InChI=1S/C12H19Cl2NO2/c13-12(14)7-9(12)10(16)15-8-11(17)5-3-1-2-4-6-11/h9,17H,1-8H2,(H,15,16). The minimum Gasteiger partial charge on any atom is -0.388 e. The molecule has 2 aliphatic carbocycles. The number of alkyl halides is 2. The number of carbonyl (C=O) groups excluding carboxylic acids is 1. The first-order valence-corrected chi connectivity index (χ1v) is 7.06. The fourth-order valence-electron chi connectivity index (χ4n) is 2.44. The molecule has 0 bridgehead atoms. The predicted octanol–water partition coefficient (Wildman–Crippen LogP) is 2.38. The molecule has 2 fully saturated rings. The zero-order valence-electron chi connectivity index (χ0n) is 9.85. The molecule has 2 rings (SSSR count). The summed E-state index contributed by atoms with van der Waals surface area (Å²) in [6, 6.07) is 0. The van der Waals surface area contributed by atoms with E-state index < -0.39 is 9.93 Å². The fourth-order valence-corrected chi connectivity index (χ4v) is 2.94. The molecule has 17 heavy (non-hydrogen) atoms. The lowest BCUT2D eigenvalue weighted by Crippen LogP contribution is -2.43. The number of aliphatic hydroxyl groups is 1. The number of rotatable bonds is 3. The van der Waals surface area contributed by atoms with Crippen molar-refractivity contribution < 1.29 is 9.90 Å². The molecule has 0 aliphatic heterocycles. The van der Waals surface area contributed by atoms with Crippen LogP contribution in [0.15, 0.2) is 0 Å². The van der Waals surface area contributed by atoms with E-state index in [4.69, 9.17) is 23.2 Å². The molecule has 0 spiro atoms. The van der Waals surface area contributed by atoms with E-state index in [9.17, 15) is 9.90 Å². The topological polar surface area (TPSA) is 49.3 Å². The lowest BCUT2D eigenvalue weighted by Gasteiger charge is -2.26. The van der Waals surface area contributed by atoms with Gasteiger partial charge in [0.1, 0.15) is 4.33 Å². The zero-order valence-corrected chi connectivity index (χ0v) is 11.4. The van der Waals surface area contributed by atoms with Gasteiger partial charge in [-0.15, -0.1) is 23.2 Å². The van der Waals surface area contributed by atoms with Crippen LogP contribution in [-0.2, 0) is 4.79 Å². The number of hydrogen-bond donors (Lipinski definition) is 2. The monoisotopic (exact) mass is 279 g/mol. The Morgan fingerprint density at radius 1 is 1.24 bits per heavy atom. The molecule has 1 amide bonds. The predicted molar refractivity (Wildman–Crippen MR) is 68.2 cm³/mol. The van der Waals surface area contributed by atoms with Crippen LogP contribution in [0, 0.1) is 5.92 Å². The smallest absolute Gasteiger partial charge is 0.226 e. The van der Waals surface area contributed by atoms with E-state index in [-0.39, 0.29) is 11.8 Å². The van der Waals surface area contributed by atoms with Gasteiger partial charge in [0.15, 0.2) is 0 Å². The second kappa shape index (κ2) is 4.94. The Kier molecular flexibility index (Phi) is 3.91. The van der Waals surface area contributed by atoms with Gasteiger partial charge in [-0.1, -0.05) is 25.7 Å². The first kappa shape index (κ1) is 13.4. The highest BCUT2D eigenvalue weighted by atomic mass is 35.5. The van der Waals surface area contributed by atoms with Crippen LogP contribution in [0.4, 0.5) is 0 Å². The molecule has 98 valence electrons. The normalized spacial score (nSPS) is 30.4. The number of amides is 1. The summed E-state index contributed by atoms with van der Waals surface area (Å²) in [4.78, 5) is 11.7. The summed E-state index contributed by atoms with van der Waals surface area (Å²) in [6.07, 6.45) is 6.46. The molecule has 5 heteroatoms. The second-order valence-electron chi connectivity index (χ2n) is 5.37. The van der Waals surface area contributed by atoms with E-state index in [2.05, 4.69) is 5.32 Å². The summed E-state index contributed by atoms with van der Waals surface area (Å²) in [7, 11) is 0. The van der Waals surface area contributed by atoms with Crippen LogP contribution in [0.2, 0.25) is 0 Å². The highest BCUT2D eigenvalue weighted by Crippen LogP contribution is 2.53. The van der Waals surface area contributed by atoms with Crippen molar-refractivity contribution in [3.05, 3.63) is 0 Å². The van der Waals surface area contributed by atoms with Crippen molar-refractivity contribution in [3.8, 4) is 0 Å². The minimum absolute atomic E-state index is 0.132. The molecule has 1 atom stereocenters. The van der Waals surface area contributed by atoms with Crippen LogP contribution in [0.25, 0.3) is 0 Å². The van der Waals surface area contributed by atoms with Gasteiger partial charge in [-0.2, -0.15) is 0 Å². The van der Waals surface area contributed by atoms with Gasteiger partial charge in [-0.25, -0.2) is 0 Å². The Bertz CT molecular complexity index is 299. The Hall–Kier alpha value is 0.01000. The molecule has 0 aromatic carbocycles. The highest BCUT2D eigenvalue weighted by Gasteiger charge is 2.56. The van der Waals surface area contributed by atoms with Crippen molar-refractivity contribution in [3.63, 3.8) is 0 Å². The summed E-state index contributed by atoms with van der Waals surface area (Å²) < 4.78 is -0.879. The molecule has 2 N–H and O–H groups in total. The van der Waals surface area contributed by atoms with Gasteiger partial charge in [0.25, 0.3) is 0 Å². The molecule has 0 aromatic rings. The summed E-state index contributed by atoms with van der Waals surface area (Å²) in [5, 5.41) is 13.1. The van der Waals surface area contributed by atoms with Crippen LogP contribution >= 0.6 is 23.2 Å². The van der Waals surface area contributed by atoms with Crippen LogP contribution in [-0.4, -0.2) is 27.5 Å². The van der Waals surface area contributed by atoms with E-state index in [1.807, 2.05) is 0 Å². The Balaban J connectivity index is 1.78. The van der Waals surface area contributed by atoms with Gasteiger partial charge >= 0.3 is 0 Å². The number of halogens is 2. The van der Waals surface area contributed by atoms with Gasteiger partial charge in [-0.3, -0.25) is 4.79 Å². The maximum absolute atomic E-state index is 11.7. The molecule has 1 unspecified atom stereocenters. The van der Waals surface area contributed by atoms with Gasteiger partial charge in [0.2, 0.25) is 5.91 Å². The lowest BCUT2D eigenvalue weighted by atomic mass is 9.94. The van der Waals surface area contributed by atoms with Crippen molar-refractivity contribution in [1.82, 2.24) is 5.32 Å². The van der Waals surface area contributed by atoms with Crippen LogP contribution in [0.5, 0.6) is 0 Å². The average Bonchev–Trinajstić information content (AvgIpc) is 2.95. The Morgan fingerprint density at radius 3 is 2.24 bits per heavy atom. The van der Waals surface area contributed by atoms with Crippen LogP contribution in [0.1, 0.15) is 44.9 Å². The third-order valence-corrected chi connectivity index (χ3v) is 4.60. The van der Waals surface area contributed by atoms with Crippen LogP contribution < -0.4 is 5.32 Å². The first-order chi connectivity index (χ1) is 7.93. The molecule has 0 aromatic heterocycles. The van der Waals surface area contributed by atoms with E-state index in [1.165, 1.54) is 12.8 Å². The van der Waals surface area contributed by atoms with E-state index in [0.717, 1.165) is 25.7 Å². The van der Waals surface area contributed by atoms with Crippen molar-refractivity contribution in [1.29, 1.82) is 0 Å². The van der Waals surface area contributed by atoms with Gasteiger partial charge in [0, 0.05) is 6.54 Å². The molecule has 2 saturated carbocycles. The van der Waals surface area contributed by atoms with Crippen molar-refractivity contribution in [2.24, 2.45) is 5.92 Å². The Labute approximate surface area is 112 Å². The average molecular weight is 280 g/mol. The molecule has 0 saturated heterocycles. The molecular formula is C12H19Cl2NO2. The minimum atomic E-state index is -0.879. The fraction of sp³-hybridized carbons (Fsp3) is 0.917. The molecular weight excluding hydrogens is 261 g/mol. The van der Waals surface area contributed by atoms with Crippen molar-refractivity contribution in [2.45, 2.75) is 54.9 Å². The zero-order chi connectivity index (χ0) is 12.5. The summed E-state index contributed by atoms with van der Waals surface area (Å²) >= 11 is 11.7. The van der Waals surface area contributed by atoms with Gasteiger partial charge in [0.05, 0.1) is 11.5 Å². The third kappa shape index (κ3) is 3.49. The van der Waals surface area contributed by atoms with Gasteiger partial charge < -0.3 is 10.4 Å². The maximum atomic E-state index is 11.7. The van der Waals surface area contributed by atoms with Crippen LogP contribution in [0.3, 0.4) is 0 Å². The lowest BCUT2D eigenvalue weighted by molar-refractivity contribution is -0.123. The van der Waals surface area contributed by atoms with E-state index >= 15 is 0 Å². The summed E-state index contributed by atoms with van der Waals surface area (Å²) in [5.41, 5.74) is -0.734. The van der Waals surface area contributed by atoms with Crippen molar-refractivity contribution >= 4 is 29.1 Å².